The van der Waals surface area contributed by atoms with E-state index in [1.54, 1.807) is 12.3 Å². The standard InChI is InChI=1S/C16H13ClN2O2/c17-12-7-11-2-1-5-18-16(11)13(8-12)19-9-10-3-4-14(20)15(21)6-10/h1-8,19-21H,9H2. The first kappa shape index (κ1) is 13.5. The van der Waals surface area contributed by atoms with Gasteiger partial charge >= 0.3 is 0 Å². The average molecular weight is 301 g/mol. The Balaban J connectivity index is 1.89. The van der Waals surface area contributed by atoms with Gasteiger partial charge < -0.3 is 15.5 Å². The van der Waals surface area contributed by atoms with Crippen LogP contribution in [0.2, 0.25) is 5.02 Å². The third kappa shape index (κ3) is 2.85. The van der Waals surface area contributed by atoms with Crippen molar-refractivity contribution in [3.63, 3.8) is 0 Å². The Bertz CT molecular complexity index is 805. The summed E-state index contributed by atoms with van der Waals surface area (Å²) in [6.45, 7) is 0.486. The molecule has 0 aliphatic rings. The number of fused-ring (bicyclic) bond motifs is 1. The molecule has 1 aromatic heterocycles. The zero-order valence-electron chi connectivity index (χ0n) is 11.0. The molecule has 1 heterocycles. The summed E-state index contributed by atoms with van der Waals surface area (Å²) in [6, 6.07) is 12.2. The van der Waals surface area contributed by atoms with Gasteiger partial charge in [-0.2, -0.15) is 0 Å². The molecule has 0 spiro atoms. The molecule has 21 heavy (non-hydrogen) atoms. The largest absolute Gasteiger partial charge is 0.504 e. The van der Waals surface area contributed by atoms with E-state index in [0.717, 1.165) is 22.2 Å². The van der Waals surface area contributed by atoms with Crippen LogP contribution in [-0.2, 0) is 6.54 Å². The summed E-state index contributed by atoms with van der Waals surface area (Å²) in [5, 5.41) is 23.7. The maximum Gasteiger partial charge on any atom is 0.157 e. The first-order chi connectivity index (χ1) is 10.1. The molecule has 0 saturated heterocycles. The number of nitrogens with one attached hydrogen (secondary N) is 1. The summed E-state index contributed by atoms with van der Waals surface area (Å²) in [4.78, 5) is 4.36. The van der Waals surface area contributed by atoms with E-state index in [9.17, 15) is 10.2 Å². The minimum Gasteiger partial charge on any atom is -0.504 e. The SMILES string of the molecule is Oc1ccc(CNc2cc(Cl)cc3cccnc23)cc1O. The minimum atomic E-state index is -0.136. The number of anilines is 1. The summed E-state index contributed by atoms with van der Waals surface area (Å²) in [7, 11) is 0. The van der Waals surface area contributed by atoms with Gasteiger partial charge in [0.1, 0.15) is 0 Å². The minimum absolute atomic E-state index is 0.131. The van der Waals surface area contributed by atoms with Crippen LogP contribution in [0, 0.1) is 0 Å². The van der Waals surface area contributed by atoms with Crippen molar-refractivity contribution in [2.24, 2.45) is 0 Å². The molecule has 106 valence electrons. The summed E-state index contributed by atoms with van der Waals surface area (Å²) in [5.74, 6) is -0.267. The van der Waals surface area contributed by atoms with Gasteiger partial charge in [-0.15, -0.1) is 0 Å². The van der Waals surface area contributed by atoms with Crippen LogP contribution in [0.4, 0.5) is 5.69 Å². The lowest BCUT2D eigenvalue weighted by Gasteiger charge is -2.10. The number of aromatic hydroxyl groups is 2. The molecule has 0 bridgehead atoms. The van der Waals surface area contributed by atoms with E-state index in [2.05, 4.69) is 10.3 Å². The van der Waals surface area contributed by atoms with Crippen LogP contribution in [0.1, 0.15) is 5.56 Å². The van der Waals surface area contributed by atoms with E-state index in [1.165, 1.54) is 12.1 Å². The number of aromatic nitrogens is 1. The molecule has 3 N–H and O–H groups in total. The fraction of sp³-hybridized carbons (Fsp3) is 0.0625. The Morgan fingerprint density at radius 3 is 2.71 bits per heavy atom. The highest BCUT2D eigenvalue weighted by Gasteiger charge is 2.05. The predicted molar refractivity (Wildman–Crippen MR) is 83.9 cm³/mol. The number of benzene rings is 2. The van der Waals surface area contributed by atoms with Crippen molar-refractivity contribution in [1.82, 2.24) is 4.98 Å². The zero-order chi connectivity index (χ0) is 14.8. The van der Waals surface area contributed by atoms with Gasteiger partial charge in [0.2, 0.25) is 0 Å². The Hall–Kier alpha value is -2.46. The van der Waals surface area contributed by atoms with E-state index in [4.69, 9.17) is 11.6 Å². The van der Waals surface area contributed by atoms with E-state index in [1.807, 2.05) is 24.3 Å². The summed E-state index contributed by atoms with van der Waals surface area (Å²) < 4.78 is 0. The Labute approximate surface area is 126 Å². The van der Waals surface area contributed by atoms with Crippen LogP contribution in [0.15, 0.2) is 48.7 Å². The first-order valence-electron chi connectivity index (χ1n) is 6.42. The van der Waals surface area contributed by atoms with E-state index in [0.29, 0.717) is 11.6 Å². The maximum atomic E-state index is 9.50. The zero-order valence-corrected chi connectivity index (χ0v) is 11.8. The molecule has 2 aromatic carbocycles. The van der Waals surface area contributed by atoms with Gasteiger partial charge in [-0.05, 0) is 35.9 Å². The van der Waals surface area contributed by atoms with Crippen molar-refractivity contribution < 1.29 is 10.2 Å². The molecular weight excluding hydrogens is 288 g/mol. The van der Waals surface area contributed by atoms with Crippen LogP contribution in [0.25, 0.3) is 10.9 Å². The van der Waals surface area contributed by atoms with E-state index in [-0.39, 0.29) is 11.5 Å². The van der Waals surface area contributed by atoms with Crippen LogP contribution >= 0.6 is 11.6 Å². The Kier molecular flexibility index (Phi) is 3.54. The van der Waals surface area contributed by atoms with Crippen LogP contribution in [-0.4, -0.2) is 15.2 Å². The highest BCUT2D eigenvalue weighted by atomic mass is 35.5. The van der Waals surface area contributed by atoms with Gasteiger partial charge in [0, 0.05) is 23.2 Å². The molecule has 4 nitrogen and oxygen atoms in total. The highest BCUT2D eigenvalue weighted by Crippen LogP contribution is 2.28. The lowest BCUT2D eigenvalue weighted by molar-refractivity contribution is 0.403. The maximum absolute atomic E-state index is 9.50. The Morgan fingerprint density at radius 2 is 1.90 bits per heavy atom. The van der Waals surface area contributed by atoms with Crippen LogP contribution in [0.5, 0.6) is 11.5 Å². The molecular formula is C16H13ClN2O2. The third-order valence-electron chi connectivity index (χ3n) is 3.19. The Morgan fingerprint density at radius 1 is 1.05 bits per heavy atom. The second kappa shape index (κ2) is 5.50. The molecule has 0 atom stereocenters. The summed E-state index contributed by atoms with van der Waals surface area (Å²) in [6.07, 6.45) is 1.73. The molecule has 0 fully saturated rings. The number of hydrogen-bond acceptors (Lipinski definition) is 4. The number of halogens is 1. The van der Waals surface area contributed by atoms with Crippen molar-refractivity contribution in [3.05, 3.63) is 59.2 Å². The smallest absolute Gasteiger partial charge is 0.157 e. The lowest BCUT2D eigenvalue weighted by atomic mass is 10.1. The molecule has 0 saturated carbocycles. The molecule has 0 aliphatic carbocycles. The van der Waals surface area contributed by atoms with Crippen molar-refractivity contribution in [2.45, 2.75) is 6.54 Å². The summed E-state index contributed by atoms with van der Waals surface area (Å²) in [5.41, 5.74) is 2.50. The fourth-order valence-corrected chi connectivity index (χ4v) is 2.39. The molecule has 5 heteroatoms. The highest BCUT2D eigenvalue weighted by molar-refractivity contribution is 6.31. The quantitative estimate of drug-likeness (QED) is 0.642. The third-order valence-corrected chi connectivity index (χ3v) is 3.41. The van der Waals surface area contributed by atoms with E-state index >= 15 is 0 Å². The predicted octanol–water partition coefficient (Wildman–Crippen LogP) is 3.91. The monoisotopic (exact) mass is 300 g/mol. The number of phenols is 2. The van der Waals surface area contributed by atoms with Crippen LogP contribution in [0.3, 0.4) is 0 Å². The van der Waals surface area contributed by atoms with Gasteiger partial charge in [0.15, 0.2) is 11.5 Å². The molecule has 0 aliphatic heterocycles. The molecule has 0 amide bonds. The summed E-state index contributed by atoms with van der Waals surface area (Å²) >= 11 is 6.11. The second-order valence-corrected chi connectivity index (χ2v) is 5.14. The first-order valence-corrected chi connectivity index (χ1v) is 6.80. The van der Waals surface area contributed by atoms with Gasteiger partial charge in [0.05, 0.1) is 11.2 Å². The van der Waals surface area contributed by atoms with Crippen molar-refractivity contribution in [2.75, 3.05) is 5.32 Å². The fourth-order valence-electron chi connectivity index (χ4n) is 2.17. The molecule has 3 aromatic rings. The van der Waals surface area contributed by atoms with Gasteiger partial charge in [0.25, 0.3) is 0 Å². The number of hydrogen-bond donors (Lipinski definition) is 3. The molecule has 3 rings (SSSR count). The van der Waals surface area contributed by atoms with Crippen LogP contribution < -0.4 is 5.32 Å². The lowest BCUT2D eigenvalue weighted by Crippen LogP contribution is -2.00. The average Bonchev–Trinajstić information content (AvgIpc) is 2.48. The van der Waals surface area contributed by atoms with Crippen molar-refractivity contribution in [1.29, 1.82) is 0 Å². The number of nitrogens with zero attached hydrogens (tertiary/aromatic N) is 1. The van der Waals surface area contributed by atoms with Crippen molar-refractivity contribution >= 4 is 28.2 Å². The molecule has 0 radical (unpaired) electrons. The van der Waals surface area contributed by atoms with Crippen molar-refractivity contribution in [3.8, 4) is 11.5 Å². The molecule has 0 unspecified atom stereocenters. The number of pyridine rings is 1. The number of rotatable bonds is 3. The van der Waals surface area contributed by atoms with Gasteiger partial charge in [-0.25, -0.2) is 0 Å². The normalized spacial score (nSPS) is 10.7. The number of phenolic OH excluding ortho intramolecular Hbond substituents is 2. The second-order valence-electron chi connectivity index (χ2n) is 4.71. The van der Waals surface area contributed by atoms with E-state index < -0.39 is 0 Å². The van der Waals surface area contributed by atoms with Gasteiger partial charge in [-0.1, -0.05) is 23.7 Å². The topological polar surface area (TPSA) is 65.4 Å². The van der Waals surface area contributed by atoms with Gasteiger partial charge in [-0.3, -0.25) is 4.98 Å².